The highest BCUT2D eigenvalue weighted by molar-refractivity contribution is 7.15. The molecule has 196 valence electrons. The first-order valence-corrected chi connectivity index (χ1v) is 13.7. The Balaban J connectivity index is 1.49. The molecule has 9 nitrogen and oxygen atoms in total. The van der Waals surface area contributed by atoms with E-state index in [1.165, 1.54) is 6.33 Å². The van der Waals surface area contributed by atoms with Gasteiger partial charge in [-0.3, -0.25) is 9.36 Å². The van der Waals surface area contributed by atoms with E-state index in [-0.39, 0.29) is 24.3 Å². The summed E-state index contributed by atoms with van der Waals surface area (Å²) in [6.07, 6.45) is 6.19. The van der Waals surface area contributed by atoms with Gasteiger partial charge in [-0.2, -0.15) is 15.3 Å². The minimum Gasteiger partial charge on any atom is -0.480 e. The molecule has 0 spiro atoms. The predicted octanol–water partition coefficient (Wildman–Crippen LogP) is 4.62. The van der Waals surface area contributed by atoms with Gasteiger partial charge in [-0.25, -0.2) is 9.31 Å². The molecule has 1 aromatic carbocycles. The Morgan fingerprint density at radius 3 is 2.74 bits per heavy atom. The van der Waals surface area contributed by atoms with Crippen LogP contribution in [0.15, 0.2) is 47.5 Å². The fourth-order valence-corrected chi connectivity index (χ4v) is 6.38. The summed E-state index contributed by atoms with van der Waals surface area (Å²) in [5, 5.41) is 22.9. The number of nitriles is 1. The van der Waals surface area contributed by atoms with Gasteiger partial charge in [0.25, 0.3) is 5.56 Å². The molecule has 0 amide bonds. The van der Waals surface area contributed by atoms with E-state index in [1.54, 1.807) is 15.9 Å². The molecule has 0 radical (unpaired) electrons. The third-order valence-corrected chi connectivity index (χ3v) is 8.21. The van der Waals surface area contributed by atoms with E-state index in [9.17, 15) is 14.9 Å². The Morgan fingerprint density at radius 1 is 1.21 bits per heavy atom. The van der Waals surface area contributed by atoms with Crippen molar-refractivity contribution in [3.05, 3.63) is 74.8 Å². The van der Waals surface area contributed by atoms with Crippen molar-refractivity contribution < 1.29 is 14.6 Å². The Bertz CT molecular complexity index is 1560. The zero-order chi connectivity index (χ0) is 26.6. The van der Waals surface area contributed by atoms with Gasteiger partial charge in [-0.05, 0) is 50.3 Å². The molecule has 1 aliphatic carbocycles. The number of carboxylic acid groups (broad SMARTS) is 1. The second-order valence-electron chi connectivity index (χ2n) is 9.56. The van der Waals surface area contributed by atoms with Crippen LogP contribution >= 0.6 is 11.3 Å². The summed E-state index contributed by atoms with van der Waals surface area (Å²) in [4.78, 5) is 31.5. The average molecular weight is 532 g/mol. The van der Waals surface area contributed by atoms with Crippen molar-refractivity contribution in [1.29, 1.82) is 5.26 Å². The van der Waals surface area contributed by atoms with E-state index >= 15 is 0 Å². The van der Waals surface area contributed by atoms with Crippen LogP contribution in [0.3, 0.4) is 0 Å². The van der Waals surface area contributed by atoms with Gasteiger partial charge in [-0.1, -0.05) is 31.5 Å². The van der Waals surface area contributed by atoms with Crippen molar-refractivity contribution in [2.24, 2.45) is 0 Å². The lowest BCUT2D eigenvalue weighted by Gasteiger charge is -2.30. The van der Waals surface area contributed by atoms with Crippen LogP contribution in [0.25, 0.3) is 16.2 Å². The first-order valence-electron chi connectivity index (χ1n) is 12.9. The molecule has 10 heteroatoms. The van der Waals surface area contributed by atoms with Gasteiger partial charge in [0.05, 0.1) is 23.4 Å². The molecule has 0 aliphatic heterocycles. The van der Waals surface area contributed by atoms with E-state index in [4.69, 9.17) is 9.84 Å². The minimum absolute atomic E-state index is 0.0452. The third kappa shape index (κ3) is 5.12. The van der Waals surface area contributed by atoms with Gasteiger partial charge in [0, 0.05) is 33.3 Å². The first kappa shape index (κ1) is 25.8. The molecule has 4 aromatic rings. The summed E-state index contributed by atoms with van der Waals surface area (Å²) < 4.78 is 9.10. The number of aliphatic carboxylic acids is 1. The molecule has 5 rings (SSSR count). The normalized spacial score (nSPS) is 17.5. The number of thiophene rings is 1. The lowest BCUT2D eigenvalue weighted by Crippen LogP contribution is -2.35. The summed E-state index contributed by atoms with van der Waals surface area (Å²) in [5.41, 5.74) is 3.08. The van der Waals surface area contributed by atoms with Gasteiger partial charge >= 0.3 is 5.97 Å². The van der Waals surface area contributed by atoms with E-state index in [1.807, 2.05) is 40.9 Å². The van der Waals surface area contributed by atoms with Crippen LogP contribution in [0.1, 0.15) is 66.8 Å². The van der Waals surface area contributed by atoms with Gasteiger partial charge in [0.2, 0.25) is 5.78 Å². The molecule has 3 heterocycles. The fraction of sp³-hybridized carbons (Fsp3) is 0.393. The van der Waals surface area contributed by atoms with Crippen molar-refractivity contribution in [3.8, 4) is 16.5 Å². The second kappa shape index (κ2) is 11.3. The highest BCUT2D eigenvalue weighted by Crippen LogP contribution is 2.33. The Morgan fingerprint density at radius 2 is 2.00 bits per heavy atom. The van der Waals surface area contributed by atoms with Crippen molar-refractivity contribution in [2.45, 2.75) is 64.0 Å². The SMILES string of the molecule is CCCc1c(Cc2ccc(-c3ccccc3C#N)s2)c(=O)n(C2CCC(OCC(=O)O)CC2)c2ncnn12. The predicted molar refractivity (Wildman–Crippen MR) is 143 cm³/mol. The topological polar surface area (TPSA) is 123 Å². The van der Waals surface area contributed by atoms with Crippen LogP contribution < -0.4 is 5.56 Å². The van der Waals surface area contributed by atoms with E-state index in [2.05, 4.69) is 23.1 Å². The summed E-state index contributed by atoms with van der Waals surface area (Å²) in [7, 11) is 0. The standard InChI is InChI=1S/C28H29N5O4S/c1-2-5-24-23(14-21-12-13-25(38-21)22-7-4-3-6-18(22)15-29)27(36)32(28-30-17-31-33(24)28)19-8-10-20(11-9-19)37-16-26(34)35/h3-4,6-7,12-13,17,19-20H,2,5,8-11,14,16H2,1H3,(H,34,35). The number of aromatic nitrogens is 4. The lowest BCUT2D eigenvalue weighted by molar-refractivity contribution is -0.145. The van der Waals surface area contributed by atoms with E-state index in [0.29, 0.717) is 49.9 Å². The van der Waals surface area contributed by atoms with Crippen LogP contribution in [0.5, 0.6) is 0 Å². The molecule has 0 bridgehead atoms. The molecule has 38 heavy (non-hydrogen) atoms. The van der Waals surface area contributed by atoms with Crippen molar-refractivity contribution in [1.82, 2.24) is 19.2 Å². The largest absolute Gasteiger partial charge is 0.480 e. The molecule has 0 saturated heterocycles. The Kier molecular flexibility index (Phi) is 7.67. The Hall–Kier alpha value is -3.81. The summed E-state index contributed by atoms with van der Waals surface area (Å²) in [5.74, 6) is -0.426. The van der Waals surface area contributed by atoms with Crippen molar-refractivity contribution >= 4 is 23.1 Å². The average Bonchev–Trinajstić information content (AvgIpc) is 3.60. The Labute approximate surface area is 224 Å². The number of hydrogen-bond acceptors (Lipinski definition) is 7. The maximum Gasteiger partial charge on any atom is 0.329 e. The third-order valence-electron chi connectivity index (χ3n) is 7.09. The van der Waals surface area contributed by atoms with Crippen LogP contribution in [-0.2, 0) is 22.4 Å². The highest BCUT2D eigenvalue weighted by atomic mass is 32.1. The number of carbonyl (C=O) groups is 1. The summed E-state index contributed by atoms with van der Waals surface area (Å²) in [6.45, 7) is 1.78. The highest BCUT2D eigenvalue weighted by Gasteiger charge is 2.28. The first-order chi connectivity index (χ1) is 18.5. The monoisotopic (exact) mass is 531 g/mol. The number of ether oxygens (including phenoxy) is 1. The minimum atomic E-state index is -0.975. The van der Waals surface area contributed by atoms with Gasteiger partial charge in [-0.15, -0.1) is 11.3 Å². The van der Waals surface area contributed by atoms with E-state index in [0.717, 1.165) is 33.0 Å². The second-order valence-corrected chi connectivity index (χ2v) is 10.7. The fourth-order valence-electron chi connectivity index (χ4n) is 5.32. The molecule has 0 atom stereocenters. The molecular weight excluding hydrogens is 502 g/mol. The smallest absolute Gasteiger partial charge is 0.329 e. The van der Waals surface area contributed by atoms with Gasteiger partial charge < -0.3 is 9.84 Å². The number of fused-ring (bicyclic) bond motifs is 1. The number of rotatable bonds is 9. The van der Waals surface area contributed by atoms with Gasteiger partial charge in [0.15, 0.2) is 0 Å². The lowest BCUT2D eigenvalue weighted by atomic mass is 9.92. The molecule has 1 N–H and O–H groups in total. The van der Waals surface area contributed by atoms with Crippen LogP contribution in [0.4, 0.5) is 0 Å². The zero-order valence-electron chi connectivity index (χ0n) is 21.2. The van der Waals surface area contributed by atoms with Crippen LogP contribution in [0, 0.1) is 11.3 Å². The molecule has 1 saturated carbocycles. The van der Waals surface area contributed by atoms with E-state index < -0.39 is 5.97 Å². The molecule has 3 aromatic heterocycles. The maximum atomic E-state index is 14.1. The van der Waals surface area contributed by atoms with Crippen molar-refractivity contribution in [2.75, 3.05) is 6.61 Å². The summed E-state index contributed by atoms with van der Waals surface area (Å²) in [6, 6.07) is 13.8. The zero-order valence-corrected chi connectivity index (χ0v) is 22.0. The number of aryl methyl sites for hydroxylation is 1. The molecule has 1 aliphatic rings. The number of hydrogen-bond donors (Lipinski definition) is 1. The molecular formula is C28H29N5O4S. The maximum absolute atomic E-state index is 14.1. The number of benzene rings is 1. The van der Waals surface area contributed by atoms with Crippen molar-refractivity contribution in [3.63, 3.8) is 0 Å². The van der Waals surface area contributed by atoms with Gasteiger partial charge in [0.1, 0.15) is 12.9 Å². The molecule has 0 unspecified atom stereocenters. The molecule has 1 fully saturated rings. The van der Waals surface area contributed by atoms with Crippen LogP contribution in [0.2, 0.25) is 0 Å². The van der Waals surface area contributed by atoms with Crippen LogP contribution in [-0.4, -0.2) is 43.0 Å². The summed E-state index contributed by atoms with van der Waals surface area (Å²) >= 11 is 1.59. The quantitative estimate of drug-likeness (QED) is 0.334. The number of nitrogens with zero attached hydrogens (tertiary/aromatic N) is 5. The number of carboxylic acids is 1.